The molecule has 2 fully saturated rings. The highest BCUT2D eigenvalue weighted by Crippen LogP contribution is 2.28. The number of amides is 1. The summed E-state index contributed by atoms with van der Waals surface area (Å²) in [6.45, 7) is 3.87. The van der Waals surface area contributed by atoms with Gasteiger partial charge in [-0.05, 0) is 38.1 Å². The highest BCUT2D eigenvalue weighted by atomic mass is 16.1. The van der Waals surface area contributed by atoms with E-state index >= 15 is 0 Å². The van der Waals surface area contributed by atoms with Crippen LogP contribution in [0.3, 0.4) is 0 Å². The van der Waals surface area contributed by atoms with Gasteiger partial charge in [0.25, 0.3) is 0 Å². The Morgan fingerprint density at radius 3 is 2.50 bits per heavy atom. The molecule has 4 nitrogen and oxygen atoms in total. The van der Waals surface area contributed by atoms with Crippen LogP contribution in [-0.2, 0) is 4.79 Å². The number of carbonyl (C=O) groups is 1. The summed E-state index contributed by atoms with van der Waals surface area (Å²) >= 11 is 0. The van der Waals surface area contributed by atoms with Gasteiger partial charge in [-0.15, -0.1) is 0 Å². The molecule has 2 aliphatic rings. The minimum atomic E-state index is 0.129. The summed E-state index contributed by atoms with van der Waals surface area (Å²) in [5.74, 6) is 1.09. The number of hydrogen-bond acceptors (Lipinski definition) is 3. The van der Waals surface area contributed by atoms with E-state index in [1.165, 1.54) is 32.2 Å². The fraction of sp³-hybridized carbons (Fsp3) is 0.917. The van der Waals surface area contributed by atoms with Crippen LogP contribution in [0.15, 0.2) is 0 Å². The van der Waals surface area contributed by atoms with E-state index in [1.807, 2.05) is 0 Å². The first-order valence-electron chi connectivity index (χ1n) is 6.44. The van der Waals surface area contributed by atoms with Gasteiger partial charge in [0.2, 0.25) is 5.91 Å². The van der Waals surface area contributed by atoms with Gasteiger partial charge >= 0.3 is 0 Å². The zero-order valence-corrected chi connectivity index (χ0v) is 10.2. The van der Waals surface area contributed by atoms with E-state index in [4.69, 9.17) is 0 Å². The summed E-state index contributed by atoms with van der Waals surface area (Å²) in [5, 5.41) is 6.32. The number of nitrogens with zero attached hydrogens (tertiary/aromatic N) is 1. The molecule has 0 aromatic heterocycles. The van der Waals surface area contributed by atoms with E-state index in [2.05, 4.69) is 15.5 Å². The predicted molar refractivity (Wildman–Crippen MR) is 64.3 cm³/mol. The number of nitrogens with one attached hydrogen (secondary N) is 2. The van der Waals surface area contributed by atoms with Crippen LogP contribution in [0.4, 0.5) is 0 Å². The Bertz CT molecular complexity index is 232. The van der Waals surface area contributed by atoms with Gasteiger partial charge in [0, 0.05) is 26.2 Å². The number of hydrogen-bond donors (Lipinski definition) is 2. The maximum atomic E-state index is 11.2. The van der Waals surface area contributed by atoms with Gasteiger partial charge in [0.15, 0.2) is 0 Å². The van der Waals surface area contributed by atoms with E-state index < -0.39 is 0 Å². The molecule has 92 valence electrons. The second kappa shape index (κ2) is 5.64. The summed E-state index contributed by atoms with van der Waals surface area (Å²) in [6, 6.07) is 0.682. The van der Waals surface area contributed by atoms with Gasteiger partial charge < -0.3 is 10.6 Å². The zero-order valence-electron chi connectivity index (χ0n) is 10.2. The minimum absolute atomic E-state index is 0.129. The molecule has 0 aromatic carbocycles. The predicted octanol–water partition coefficient (Wildman–Crippen LogP) is 0.196. The SMILES string of the molecule is CNC(=O)CN1CCC(NCC2CC2)CC1. The van der Waals surface area contributed by atoms with Crippen molar-refractivity contribution in [1.82, 2.24) is 15.5 Å². The quantitative estimate of drug-likeness (QED) is 0.702. The van der Waals surface area contributed by atoms with E-state index in [0.29, 0.717) is 12.6 Å². The molecule has 0 aromatic rings. The number of likely N-dealkylation sites (tertiary alicyclic amines) is 1. The molecule has 0 atom stereocenters. The highest BCUT2D eigenvalue weighted by molar-refractivity contribution is 5.77. The average Bonchev–Trinajstić information content (AvgIpc) is 3.12. The Morgan fingerprint density at radius 2 is 1.94 bits per heavy atom. The van der Waals surface area contributed by atoms with E-state index in [-0.39, 0.29) is 5.91 Å². The van der Waals surface area contributed by atoms with Gasteiger partial charge in [-0.2, -0.15) is 0 Å². The Labute approximate surface area is 97.8 Å². The average molecular weight is 225 g/mol. The summed E-state index contributed by atoms with van der Waals surface area (Å²) in [4.78, 5) is 13.5. The maximum absolute atomic E-state index is 11.2. The molecule has 2 N–H and O–H groups in total. The Kier molecular flexibility index (Phi) is 4.18. The first-order chi connectivity index (χ1) is 7.78. The van der Waals surface area contributed by atoms with Gasteiger partial charge in [0.05, 0.1) is 6.54 Å². The highest BCUT2D eigenvalue weighted by Gasteiger charge is 2.24. The minimum Gasteiger partial charge on any atom is -0.358 e. The van der Waals surface area contributed by atoms with E-state index in [9.17, 15) is 4.79 Å². The Hall–Kier alpha value is -0.610. The van der Waals surface area contributed by atoms with Crippen molar-refractivity contribution in [2.75, 3.05) is 33.2 Å². The first-order valence-corrected chi connectivity index (χ1v) is 6.44. The summed E-state index contributed by atoms with van der Waals surface area (Å²) < 4.78 is 0. The van der Waals surface area contributed by atoms with Crippen LogP contribution in [0.5, 0.6) is 0 Å². The first kappa shape index (κ1) is 11.9. The van der Waals surface area contributed by atoms with Crippen molar-refractivity contribution in [2.24, 2.45) is 5.92 Å². The summed E-state index contributed by atoms with van der Waals surface area (Å²) in [5.41, 5.74) is 0. The molecule has 4 heteroatoms. The molecule has 0 radical (unpaired) electrons. The van der Waals surface area contributed by atoms with Crippen LogP contribution < -0.4 is 10.6 Å². The maximum Gasteiger partial charge on any atom is 0.233 e. The smallest absolute Gasteiger partial charge is 0.233 e. The lowest BCUT2D eigenvalue weighted by Gasteiger charge is -2.31. The second-order valence-corrected chi connectivity index (χ2v) is 5.08. The molecule has 16 heavy (non-hydrogen) atoms. The molecule has 1 saturated carbocycles. The van der Waals surface area contributed by atoms with Crippen LogP contribution in [0.2, 0.25) is 0 Å². The molecule has 2 rings (SSSR count). The molecule has 1 amide bonds. The van der Waals surface area contributed by atoms with E-state index in [1.54, 1.807) is 7.05 Å². The largest absolute Gasteiger partial charge is 0.358 e. The van der Waals surface area contributed by atoms with Gasteiger partial charge in [-0.25, -0.2) is 0 Å². The molecular formula is C12H23N3O. The van der Waals surface area contributed by atoms with Crippen LogP contribution in [0.1, 0.15) is 25.7 Å². The molecule has 1 heterocycles. The monoisotopic (exact) mass is 225 g/mol. The topological polar surface area (TPSA) is 44.4 Å². The van der Waals surface area contributed by atoms with Crippen LogP contribution in [0.25, 0.3) is 0 Å². The van der Waals surface area contributed by atoms with E-state index in [0.717, 1.165) is 19.0 Å². The second-order valence-electron chi connectivity index (χ2n) is 5.08. The van der Waals surface area contributed by atoms with Crippen molar-refractivity contribution in [3.05, 3.63) is 0 Å². The number of likely N-dealkylation sites (N-methyl/N-ethyl adjacent to an activating group) is 1. The standard InChI is InChI=1S/C12H23N3O/c1-13-12(16)9-15-6-4-11(5-7-15)14-8-10-2-3-10/h10-11,14H,2-9H2,1H3,(H,13,16). The van der Waals surface area contributed by atoms with Crippen molar-refractivity contribution in [2.45, 2.75) is 31.7 Å². The van der Waals surface area contributed by atoms with Crippen LogP contribution >= 0.6 is 0 Å². The Morgan fingerprint density at radius 1 is 1.25 bits per heavy atom. The van der Waals surface area contributed by atoms with Crippen molar-refractivity contribution >= 4 is 5.91 Å². The van der Waals surface area contributed by atoms with Gasteiger partial charge in [-0.1, -0.05) is 0 Å². The number of piperidine rings is 1. The lowest BCUT2D eigenvalue weighted by molar-refractivity contribution is -0.122. The Balaban J connectivity index is 1.59. The third kappa shape index (κ3) is 3.76. The molecular weight excluding hydrogens is 202 g/mol. The fourth-order valence-electron chi connectivity index (χ4n) is 2.23. The molecule has 0 spiro atoms. The van der Waals surface area contributed by atoms with Crippen LogP contribution in [0, 0.1) is 5.92 Å². The van der Waals surface area contributed by atoms with Crippen molar-refractivity contribution < 1.29 is 4.79 Å². The molecule has 1 aliphatic carbocycles. The number of carbonyl (C=O) groups excluding carboxylic acids is 1. The molecule has 1 saturated heterocycles. The third-order valence-corrected chi connectivity index (χ3v) is 3.63. The van der Waals surface area contributed by atoms with Crippen molar-refractivity contribution in [3.8, 4) is 0 Å². The zero-order chi connectivity index (χ0) is 11.4. The molecule has 1 aliphatic heterocycles. The van der Waals surface area contributed by atoms with Gasteiger partial charge in [-0.3, -0.25) is 9.69 Å². The third-order valence-electron chi connectivity index (χ3n) is 3.63. The summed E-state index contributed by atoms with van der Waals surface area (Å²) in [7, 11) is 1.70. The normalized spacial score (nSPS) is 23.3. The lowest BCUT2D eigenvalue weighted by Crippen LogP contribution is -2.46. The molecule has 0 unspecified atom stereocenters. The fourth-order valence-corrected chi connectivity index (χ4v) is 2.23. The molecule has 0 bridgehead atoms. The van der Waals surface area contributed by atoms with Crippen LogP contribution in [-0.4, -0.2) is 50.1 Å². The van der Waals surface area contributed by atoms with Crippen molar-refractivity contribution in [3.63, 3.8) is 0 Å². The number of rotatable bonds is 5. The van der Waals surface area contributed by atoms with Crippen molar-refractivity contribution in [1.29, 1.82) is 0 Å². The van der Waals surface area contributed by atoms with Gasteiger partial charge in [0.1, 0.15) is 0 Å². The summed E-state index contributed by atoms with van der Waals surface area (Å²) in [6.07, 6.45) is 5.21. The lowest BCUT2D eigenvalue weighted by atomic mass is 10.0.